The Kier molecular flexibility index (Phi) is 7.18. The Balaban J connectivity index is 1.88. The van der Waals surface area contributed by atoms with E-state index in [9.17, 15) is 34.0 Å². The zero-order valence-electron chi connectivity index (χ0n) is 18.9. The highest BCUT2D eigenvalue weighted by Gasteiger charge is 2.50. The maximum absolute atomic E-state index is 14.2. The van der Waals surface area contributed by atoms with Crippen LogP contribution in [0.25, 0.3) is 11.0 Å². The maximum atomic E-state index is 14.2. The molecule has 1 aliphatic heterocycles. The smallest absolute Gasteiger partial charge is 0.359 e. The Bertz CT molecular complexity index is 1130. The first-order chi connectivity index (χ1) is 15.2. The molecular weight excluding hydrogens is 458 g/mol. The van der Waals surface area contributed by atoms with Gasteiger partial charge >= 0.3 is 7.60 Å². The second-order valence-corrected chi connectivity index (χ2v) is 11.1. The Morgan fingerprint density at radius 3 is 2.55 bits per heavy atom. The van der Waals surface area contributed by atoms with Gasteiger partial charge in [0.05, 0.1) is 17.1 Å². The van der Waals surface area contributed by atoms with Crippen molar-refractivity contribution < 1.29 is 38.4 Å². The van der Waals surface area contributed by atoms with Gasteiger partial charge in [0.1, 0.15) is 29.8 Å². The summed E-state index contributed by atoms with van der Waals surface area (Å²) in [6.45, 7) is 5.96. The fraction of sp³-hybridized carbons (Fsp3) is 0.619. The largest absolute Gasteiger partial charge is 0.388 e. The van der Waals surface area contributed by atoms with Crippen molar-refractivity contribution in [3.05, 3.63) is 40.1 Å². The summed E-state index contributed by atoms with van der Waals surface area (Å²) in [5.41, 5.74) is -2.03. The molecule has 2 aromatic rings. The fourth-order valence-corrected chi connectivity index (χ4v) is 5.14. The summed E-state index contributed by atoms with van der Waals surface area (Å²) in [4.78, 5) is 29.2. The lowest BCUT2D eigenvalue weighted by atomic mass is 9.92. The van der Waals surface area contributed by atoms with E-state index >= 15 is 0 Å². The number of fused-ring (bicyclic) bond motifs is 1. The first kappa shape index (κ1) is 25.9. The van der Waals surface area contributed by atoms with Gasteiger partial charge in [-0.15, -0.1) is 0 Å². The molecular formula is C21H30FN2O8P. The van der Waals surface area contributed by atoms with E-state index in [1.807, 2.05) is 0 Å². The van der Waals surface area contributed by atoms with Crippen molar-refractivity contribution in [1.29, 1.82) is 0 Å². The molecule has 0 aliphatic carbocycles. The molecule has 7 atom stereocenters. The number of aliphatic hydroxyl groups excluding tert-OH is 2. The quantitative estimate of drug-likeness (QED) is 0.350. The number of hydrogen-bond acceptors (Lipinski definition) is 8. The molecule has 0 radical (unpaired) electrons. The molecule has 0 amide bonds. The molecule has 3 heterocycles. The average Bonchev–Trinajstić information content (AvgIpc) is 3.01. The molecule has 1 fully saturated rings. The van der Waals surface area contributed by atoms with E-state index in [0.29, 0.717) is 0 Å². The van der Waals surface area contributed by atoms with Gasteiger partial charge in [0.15, 0.2) is 5.34 Å². The van der Waals surface area contributed by atoms with Crippen LogP contribution in [0, 0.1) is 5.82 Å². The van der Waals surface area contributed by atoms with Gasteiger partial charge in [-0.1, -0.05) is 13.8 Å². The van der Waals surface area contributed by atoms with Gasteiger partial charge in [0.25, 0.3) is 5.56 Å². The zero-order valence-corrected chi connectivity index (χ0v) is 19.8. The molecule has 5 N–H and O–H groups in total. The number of aromatic amines is 1. The summed E-state index contributed by atoms with van der Waals surface area (Å²) in [7, 11) is -4.49. The molecule has 1 aliphatic rings. The van der Waals surface area contributed by atoms with Crippen molar-refractivity contribution in [3.8, 4) is 0 Å². The number of rotatable bonds is 8. The third kappa shape index (κ3) is 4.90. The van der Waals surface area contributed by atoms with Crippen LogP contribution in [0.1, 0.15) is 58.6 Å². The first-order valence-corrected chi connectivity index (χ1v) is 12.3. The van der Waals surface area contributed by atoms with Crippen LogP contribution >= 0.6 is 7.60 Å². The molecule has 184 valence electrons. The van der Waals surface area contributed by atoms with Crippen LogP contribution in [-0.2, 0) is 13.8 Å². The molecule has 0 aromatic carbocycles. The summed E-state index contributed by atoms with van der Waals surface area (Å²) in [5.74, 6) is -0.629. The number of pyridine rings is 2. The second-order valence-electron chi connectivity index (χ2n) is 8.88. The van der Waals surface area contributed by atoms with E-state index in [0.717, 1.165) is 6.07 Å². The molecule has 1 saturated heterocycles. The van der Waals surface area contributed by atoms with Crippen LogP contribution in [0.2, 0.25) is 0 Å². The van der Waals surface area contributed by atoms with Gasteiger partial charge in [-0.2, -0.15) is 0 Å². The zero-order chi connectivity index (χ0) is 24.8. The second kappa shape index (κ2) is 9.14. The number of aliphatic hydroxyl groups is 3. The minimum atomic E-state index is -4.49. The van der Waals surface area contributed by atoms with E-state index in [2.05, 4.69) is 9.97 Å². The van der Waals surface area contributed by atoms with Crippen molar-refractivity contribution in [2.75, 3.05) is 0 Å². The van der Waals surface area contributed by atoms with Crippen molar-refractivity contribution in [2.24, 2.45) is 0 Å². The van der Waals surface area contributed by atoms with Gasteiger partial charge in [0.2, 0.25) is 0 Å². The number of aromatic nitrogens is 2. The van der Waals surface area contributed by atoms with Crippen LogP contribution < -0.4 is 5.56 Å². The SMILES string of the molecule is CCC(C)(CC1OC(c2cc3c(F)ccnc3[nH]c2=O)C(O)C1O)OP(=O)(O)C(C)(O)CC. The lowest BCUT2D eigenvalue weighted by Crippen LogP contribution is -2.40. The minimum absolute atomic E-state index is 0.0191. The molecule has 0 spiro atoms. The molecule has 0 saturated carbocycles. The van der Waals surface area contributed by atoms with Crippen LogP contribution in [0.4, 0.5) is 4.39 Å². The first-order valence-electron chi connectivity index (χ1n) is 10.7. The van der Waals surface area contributed by atoms with Crippen molar-refractivity contribution >= 4 is 18.6 Å². The topological polar surface area (TPSA) is 162 Å². The summed E-state index contributed by atoms with van der Waals surface area (Å²) in [6, 6.07) is 2.34. The highest BCUT2D eigenvalue weighted by molar-refractivity contribution is 7.54. The predicted octanol–water partition coefficient (Wildman–Crippen LogP) is 2.10. The Morgan fingerprint density at radius 2 is 1.94 bits per heavy atom. The van der Waals surface area contributed by atoms with Crippen molar-refractivity contribution in [3.63, 3.8) is 0 Å². The molecule has 3 rings (SSSR count). The maximum Gasteiger partial charge on any atom is 0.359 e. The van der Waals surface area contributed by atoms with Crippen LogP contribution in [0.5, 0.6) is 0 Å². The van der Waals surface area contributed by atoms with E-state index < -0.39 is 54.3 Å². The highest BCUT2D eigenvalue weighted by atomic mass is 31.2. The monoisotopic (exact) mass is 488 g/mol. The van der Waals surface area contributed by atoms with E-state index in [1.54, 1.807) is 13.8 Å². The molecule has 0 bridgehead atoms. The number of hydrogen-bond donors (Lipinski definition) is 5. The van der Waals surface area contributed by atoms with Crippen LogP contribution in [-0.4, -0.2) is 59.4 Å². The van der Waals surface area contributed by atoms with E-state index in [1.165, 1.54) is 26.1 Å². The van der Waals surface area contributed by atoms with Crippen LogP contribution in [0.3, 0.4) is 0 Å². The Labute approximate surface area is 189 Å². The van der Waals surface area contributed by atoms with Crippen molar-refractivity contribution in [1.82, 2.24) is 9.97 Å². The molecule has 10 nitrogen and oxygen atoms in total. The standard InChI is InChI=1S/C21H30FN2O8P/c1-5-20(3,32-33(29,30)21(4,28)6-2)10-14-15(25)16(26)17(31-14)12-9-11-13(22)7-8-23-18(11)24-19(12)27/h7-9,14-17,25-26,28H,5-6,10H2,1-4H3,(H,29,30)(H,23,24,27). The van der Waals surface area contributed by atoms with Gasteiger partial charge in [0, 0.05) is 18.2 Å². The van der Waals surface area contributed by atoms with Gasteiger partial charge in [-0.25, -0.2) is 9.37 Å². The normalized spacial score (nSPS) is 28.9. The molecule has 12 heteroatoms. The number of halogens is 1. The van der Waals surface area contributed by atoms with Gasteiger partial charge in [-0.05, 0) is 38.8 Å². The number of nitrogens with zero attached hydrogens (tertiary/aromatic N) is 1. The lowest BCUT2D eigenvalue weighted by Gasteiger charge is -2.37. The van der Waals surface area contributed by atoms with Crippen LogP contribution in [0.15, 0.2) is 23.1 Å². The highest BCUT2D eigenvalue weighted by Crippen LogP contribution is 2.59. The number of nitrogens with one attached hydrogen (secondary N) is 1. The van der Waals surface area contributed by atoms with Crippen molar-refractivity contribution in [2.45, 2.75) is 82.3 Å². The summed E-state index contributed by atoms with van der Waals surface area (Å²) in [6.07, 6.45) is -4.05. The lowest BCUT2D eigenvalue weighted by molar-refractivity contribution is -0.0532. The number of ether oxygens (including phenoxy) is 1. The predicted molar refractivity (Wildman–Crippen MR) is 117 cm³/mol. The molecule has 2 aromatic heterocycles. The minimum Gasteiger partial charge on any atom is -0.388 e. The third-order valence-electron chi connectivity index (χ3n) is 6.40. The Morgan fingerprint density at radius 1 is 1.27 bits per heavy atom. The summed E-state index contributed by atoms with van der Waals surface area (Å²) >= 11 is 0. The van der Waals surface area contributed by atoms with E-state index in [4.69, 9.17) is 9.26 Å². The summed E-state index contributed by atoms with van der Waals surface area (Å²) < 4.78 is 38.1. The number of H-pyrrole nitrogens is 1. The van der Waals surface area contributed by atoms with Gasteiger partial charge in [-0.3, -0.25) is 9.36 Å². The Hall–Kier alpha value is -1.72. The summed E-state index contributed by atoms with van der Waals surface area (Å²) in [5, 5.41) is 29.5. The van der Waals surface area contributed by atoms with E-state index in [-0.39, 0.29) is 35.9 Å². The third-order valence-corrected chi connectivity index (χ3v) is 8.63. The molecule has 33 heavy (non-hydrogen) atoms. The average molecular weight is 488 g/mol. The van der Waals surface area contributed by atoms with Gasteiger partial charge < -0.3 is 34.5 Å². The fourth-order valence-electron chi connectivity index (χ4n) is 3.74. The molecule has 7 unspecified atom stereocenters.